The molecule has 6 nitrogen and oxygen atoms in total. The summed E-state index contributed by atoms with van der Waals surface area (Å²) in [5.74, 6) is 0.751. The van der Waals surface area contributed by atoms with Gasteiger partial charge >= 0.3 is 5.97 Å². The lowest BCUT2D eigenvalue weighted by molar-refractivity contribution is -0.0780. The molecule has 2 aromatic rings. The number of pyridine rings is 1. The number of nitrogens with zero attached hydrogens (tertiary/aromatic N) is 2. The highest BCUT2D eigenvalue weighted by Gasteiger charge is 2.43. The van der Waals surface area contributed by atoms with Gasteiger partial charge in [0.05, 0.1) is 19.3 Å². The van der Waals surface area contributed by atoms with E-state index in [0.29, 0.717) is 0 Å². The van der Waals surface area contributed by atoms with Gasteiger partial charge in [-0.3, -0.25) is 0 Å². The molecule has 1 fully saturated rings. The van der Waals surface area contributed by atoms with Crippen molar-refractivity contribution in [2.24, 2.45) is 0 Å². The Morgan fingerprint density at radius 1 is 1.27 bits per heavy atom. The number of aromatic carboxylic acids is 1. The molecule has 0 atom stereocenters. The molecule has 6 heteroatoms. The zero-order valence-corrected chi connectivity index (χ0v) is 14.8. The van der Waals surface area contributed by atoms with Crippen molar-refractivity contribution in [3.05, 3.63) is 53.2 Å². The van der Waals surface area contributed by atoms with Gasteiger partial charge in [-0.15, -0.1) is 0 Å². The Morgan fingerprint density at radius 2 is 2.08 bits per heavy atom. The van der Waals surface area contributed by atoms with Crippen LogP contribution in [-0.2, 0) is 16.8 Å². The fourth-order valence-electron chi connectivity index (χ4n) is 4.09. The van der Waals surface area contributed by atoms with Gasteiger partial charge in [-0.2, -0.15) is 0 Å². The molecule has 1 aromatic carbocycles. The van der Waals surface area contributed by atoms with Crippen LogP contribution in [0.3, 0.4) is 0 Å². The number of ether oxygens (including phenoxy) is 2. The number of anilines is 1. The first-order chi connectivity index (χ1) is 12.6. The van der Waals surface area contributed by atoms with Crippen LogP contribution in [0, 0.1) is 0 Å². The lowest BCUT2D eigenvalue weighted by Crippen LogP contribution is -2.47. The minimum absolute atomic E-state index is 0.205. The third-order valence-electron chi connectivity index (χ3n) is 5.43. The van der Waals surface area contributed by atoms with E-state index in [0.717, 1.165) is 50.5 Å². The zero-order chi connectivity index (χ0) is 18.1. The molecular formula is C20H22N2O4. The number of carboxylic acid groups (broad SMARTS) is 1. The summed E-state index contributed by atoms with van der Waals surface area (Å²) in [5, 5.41) is 9.01. The van der Waals surface area contributed by atoms with Crippen LogP contribution in [0.4, 0.5) is 5.82 Å². The average Bonchev–Trinajstić information content (AvgIpc) is 2.68. The molecule has 136 valence electrons. The van der Waals surface area contributed by atoms with Crippen molar-refractivity contribution in [2.45, 2.75) is 24.9 Å². The summed E-state index contributed by atoms with van der Waals surface area (Å²) in [6.45, 7) is 2.33. The summed E-state index contributed by atoms with van der Waals surface area (Å²) in [5.41, 5.74) is 2.41. The molecule has 26 heavy (non-hydrogen) atoms. The van der Waals surface area contributed by atoms with Gasteiger partial charge in [0.2, 0.25) is 0 Å². The van der Waals surface area contributed by atoms with E-state index in [1.807, 2.05) is 12.1 Å². The highest BCUT2D eigenvalue weighted by atomic mass is 16.5. The number of fused-ring (bicyclic) bond motifs is 2. The number of benzene rings is 1. The maximum Gasteiger partial charge on any atom is 0.337 e. The monoisotopic (exact) mass is 354 g/mol. The first kappa shape index (κ1) is 16.8. The van der Waals surface area contributed by atoms with E-state index in [2.05, 4.69) is 16.0 Å². The molecule has 1 saturated heterocycles. The van der Waals surface area contributed by atoms with Gasteiger partial charge < -0.3 is 19.5 Å². The number of piperidine rings is 1. The number of hydrogen-bond donors (Lipinski definition) is 1. The first-order valence-corrected chi connectivity index (χ1v) is 8.87. The second kappa shape index (κ2) is 6.61. The minimum atomic E-state index is -0.957. The Hall–Kier alpha value is -2.60. The summed E-state index contributed by atoms with van der Waals surface area (Å²) in [6, 6.07) is 9.59. The number of methoxy groups -OCH3 is 1. The molecule has 0 aliphatic carbocycles. The predicted octanol–water partition coefficient (Wildman–Crippen LogP) is 2.86. The van der Waals surface area contributed by atoms with Gasteiger partial charge in [0.15, 0.2) is 0 Å². The third kappa shape index (κ3) is 2.80. The van der Waals surface area contributed by atoms with E-state index in [-0.39, 0.29) is 11.2 Å². The maximum absolute atomic E-state index is 11.0. The second-order valence-electron chi connectivity index (χ2n) is 6.78. The Bertz CT molecular complexity index is 797. The second-order valence-corrected chi connectivity index (χ2v) is 6.78. The van der Waals surface area contributed by atoms with Crippen LogP contribution >= 0.6 is 0 Å². The molecule has 2 aliphatic rings. The summed E-state index contributed by atoms with van der Waals surface area (Å²) in [4.78, 5) is 17.5. The summed E-state index contributed by atoms with van der Waals surface area (Å²) < 4.78 is 11.9. The van der Waals surface area contributed by atoms with E-state index in [9.17, 15) is 4.79 Å². The molecular weight excluding hydrogens is 332 g/mol. The van der Waals surface area contributed by atoms with Gasteiger partial charge in [0.25, 0.3) is 0 Å². The largest absolute Gasteiger partial charge is 0.496 e. The minimum Gasteiger partial charge on any atom is -0.496 e. The van der Waals surface area contributed by atoms with E-state index in [1.165, 1.54) is 17.3 Å². The highest BCUT2D eigenvalue weighted by molar-refractivity contribution is 5.87. The Morgan fingerprint density at radius 3 is 2.73 bits per heavy atom. The SMILES string of the molecule is COc1cccc2c1C1(CCN(c3ccc(C(=O)O)cn3)CC1)OCC2. The van der Waals surface area contributed by atoms with Crippen molar-refractivity contribution < 1.29 is 19.4 Å². The highest BCUT2D eigenvalue weighted by Crippen LogP contribution is 2.46. The maximum atomic E-state index is 11.0. The summed E-state index contributed by atoms with van der Waals surface area (Å²) in [7, 11) is 1.71. The molecule has 4 rings (SSSR count). The Balaban J connectivity index is 1.57. The van der Waals surface area contributed by atoms with Crippen molar-refractivity contribution in [3.8, 4) is 5.75 Å². The normalized spacial score (nSPS) is 18.4. The number of aromatic nitrogens is 1. The van der Waals surface area contributed by atoms with Gasteiger partial charge in [-0.25, -0.2) is 9.78 Å². The Labute approximate surface area is 152 Å². The molecule has 3 heterocycles. The molecule has 0 bridgehead atoms. The van der Waals surface area contributed by atoms with Crippen molar-refractivity contribution in [1.82, 2.24) is 4.98 Å². The summed E-state index contributed by atoms with van der Waals surface area (Å²) in [6.07, 6.45) is 4.03. The fourth-order valence-corrected chi connectivity index (χ4v) is 4.09. The van der Waals surface area contributed by atoms with Crippen LogP contribution in [0.5, 0.6) is 5.75 Å². The van der Waals surface area contributed by atoms with Crippen LogP contribution in [0.25, 0.3) is 0 Å². The van der Waals surface area contributed by atoms with Gasteiger partial charge in [-0.1, -0.05) is 12.1 Å². The standard InChI is InChI=1S/C20H22N2O4/c1-25-16-4-2-3-14-7-12-26-20(18(14)16)8-10-22(11-9-20)17-6-5-15(13-21-17)19(23)24/h2-6,13H,7-12H2,1H3,(H,23,24). The Kier molecular flexibility index (Phi) is 4.28. The molecule has 2 aliphatic heterocycles. The van der Waals surface area contributed by atoms with E-state index < -0.39 is 5.97 Å². The zero-order valence-electron chi connectivity index (χ0n) is 14.8. The van der Waals surface area contributed by atoms with Crippen LogP contribution in [-0.4, -0.2) is 42.9 Å². The van der Waals surface area contributed by atoms with Crippen molar-refractivity contribution in [2.75, 3.05) is 31.7 Å². The molecule has 0 amide bonds. The van der Waals surface area contributed by atoms with Crippen molar-refractivity contribution >= 4 is 11.8 Å². The molecule has 1 N–H and O–H groups in total. The van der Waals surface area contributed by atoms with Crippen molar-refractivity contribution in [1.29, 1.82) is 0 Å². The molecule has 0 saturated carbocycles. The van der Waals surface area contributed by atoms with Gasteiger partial charge in [0, 0.05) is 24.8 Å². The van der Waals surface area contributed by atoms with E-state index in [1.54, 1.807) is 19.2 Å². The molecule has 0 radical (unpaired) electrons. The number of rotatable bonds is 3. The van der Waals surface area contributed by atoms with Crippen LogP contribution < -0.4 is 9.64 Å². The summed E-state index contributed by atoms with van der Waals surface area (Å²) >= 11 is 0. The molecule has 1 spiro atoms. The topological polar surface area (TPSA) is 71.9 Å². The van der Waals surface area contributed by atoms with Crippen LogP contribution in [0.1, 0.15) is 34.3 Å². The van der Waals surface area contributed by atoms with Gasteiger partial charge in [-0.05, 0) is 43.0 Å². The number of carboxylic acids is 1. The van der Waals surface area contributed by atoms with E-state index in [4.69, 9.17) is 14.6 Å². The fraction of sp³-hybridized carbons (Fsp3) is 0.400. The lowest BCUT2D eigenvalue weighted by Gasteiger charge is -2.45. The third-order valence-corrected chi connectivity index (χ3v) is 5.43. The van der Waals surface area contributed by atoms with Crippen LogP contribution in [0.2, 0.25) is 0 Å². The lowest BCUT2D eigenvalue weighted by atomic mass is 9.79. The quantitative estimate of drug-likeness (QED) is 0.914. The van der Waals surface area contributed by atoms with Gasteiger partial charge in [0.1, 0.15) is 17.2 Å². The average molecular weight is 354 g/mol. The number of carbonyl (C=O) groups is 1. The number of hydrogen-bond acceptors (Lipinski definition) is 5. The van der Waals surface area contributed by atoms with Crippen molar-refractivity contribution in [3.63, 3.8) is 0 Å². The predicted molar refractivity (Wildman–Crippen MR) is 97.0 cm³/mol. The molecule has 0 unspecified atom stereocenters. The van der Waals surface area contributed by atoms with Crippen LogP contribution in [0.15, 0.2) is 36.5 Å². The molecule has 1 aromatic heterocycles. The smallest absolute Gasteiger partial charge is 0.337 e. The first-order valence-electron chi connectivity index (χ1n) is 8.87. The van der Waals surface area contributed by atoms with E-state index >= 15 is 0 Å².